The first-order valence-electron chi connectivity index (χ1n) is 4.19. The Hall–Kier alpha value is -1.53. The number of rotatable bonds is 1. The van der Waals surface area contributed by atoms with E-state index in [1.807, 2.05) is 12.1 Å². The summed E-state index contributed by atoms with van der Waals surface area (Å²) in [5.41, 5.74) is 2.43. The van der Waals surface area contributed by atoms with Gasteiger partial charge >= 0.3 is 0 Å². The third-order valence-corrected chi connectivity index (χ3v) is 2.43. The van der Waals surface area contributed by atoms with Gasteiger partial charge in [-0.1, -0.05) is 17.7 Å². The molecule has 0 fully saturated rings. The van der Waals surface area contributed by atoms with Crippen LogP contribution in [-0.2, 0) is 17.6 Å². The molecule has 4 heteroatoms. The van der Waals surface area contributed by atoms with E-state index >= 15 is 0 Å². The van der Waals surface area contributed by atoms with Crippen LogP contribution < -0.4 is 5.32 Å². The minimum absolute atomic E-state index is 0.0454. The van der Waals surface area contributed by atoms with Gasteiger partial charge in [0.25, 0.3) is 0 Å². The van der Waals surface area contributed by atoms with Gasteiger partial charge in [0.2, 0.25) is 5.91 Å². The van der Waals surface area contributed by atoms with Gasteiger partial charge in [0, 0.05) is 0 Å². The van der Waals surface area contributed by atoms with Gasteiger partial charge in [-0.15, -0.1) is 0 Å². The maximum atomic E-state index is 11.1. The molecule has 1 amide bonds. The molecule has 0 saturated carbocycles. The van der Waals surface area contributed by atoms with Gasteiger partial charge in [-0.25, -0.2) is 0 Å². The van der Waals surface area contributed by atoms with Crippen molar-refractivity contribution in [3.05, 3.63) is 28.3 Å². The molecule has 1 heterocycles. The molecular formula is C10H7ClN2O. The van der Waals surface area contributed by atoms with Crippen LogP contribution in [0.15, 0.2) is 12.1 Å². The maximum Gasteiger partial charge on any atom is 0.228 e. The molecule has 0 spiro atoms. The Bertz CT molecular complexity index is 448. The monoisotopic (exact) mass is 206 g/mol. The molecule has 1 N–H and O–H groups in total. The lowest BCUT2D eigenvalue weighted by Crippen LogP contribution is -2.03. The fraction of sp³-hybridized carbons (Fsp3) is 0.200. The SMILES string of the molecule is N#CCc1cc(Cl)c2c(c1)CC(=O)N2. The number of fused-ring (bicyclic) bond motifs is 1. The third kappa shape index (κ3) is 1.45. The van der Waals surface area contributed by atoms with Crippen LogP contribution in [0.4, 0.5) is 5.69 Å². The molecule has 0 unspecified atom stereocenters. The molecule has 0 bridgehead atoms. The average Bonchev–Trinajstić information content (AvgIpc) is 2.47. The lowest BCUT2D eigenvalue weighted by atomic mass is 10.1. The van der Waals surface area contributed by atoms with E-state index in [1.54, 1.807) is 6.07 Å². The van der Waals surface area contributed by atoms with Crippen LogP contribution in [0, 0.1) is 11.3 Å². The Morgan fingerprint density at radius 3 is 3.07 bits per heavy atom. The number of nitrogens with zero attached hydrogens (tertiary/aromatic N) is 1. The number of benzene rings is 1. The van der Waals surface area contributed by atoms with Crippen LogP contribution in [0.1, 0.15) is 11.1 Å². The predicted molar refractivity (Wildman–Crippen MR) is 53.1 cm³/mol. The average molecular weight is 207 g/mol. The number of hydrogen-bond acceptors (Lipinski definition) is 2. The van der Waals surface area contributed by atoms with E-state index in [4.69, 9.17) is 16.9 Å². The first-order valence-corrected chi connectivity index (χ1v) is 4.56. The Morgan fingerprint density at radius 1 is 1.57 bits per heavy atom. The number of hydrogen-bond donors (Lipinski definition) is 1. The van der Waals surface area contributed by atoms with E-state index in [-0.39, 0.29) is 5.91 Å². The summed E-state index contributed by atoms with van der Waals surface area (Å²) < 4.78 is 0. The van der Waals surface area contributed by atoms with Crippen LogP contribution in [0.2, 0.25) is 5.02 Å². The van der Waals surface area contributed by atoms with Crippen LogP contribution in [0.25, 0.3) is 0 Å². The molecule has 3 nitrogen and oxygen atoms in total. The molecule has 1 aromatic rings. The van der Waals surface area contributed by atoms with Crippen molar-refractivity contribution < 1.29 is 4.79 Å². The molecule has 70 valence electrons. The van der Waals surface area contributed by atoms with E-state index in [0.29, 0.717) is 23.6 Å². The molecule has 14 heavy (non-hydrogen) atoms. The summed E-state index contributed by atoms with van der Waals surface area (Å²) in [6.45, 7) is 0. The highest BCUT2D eigenvalue weighted by Crippen LogP contribution is 2.32. The van der Waals surface area contributed by atoms with Crippen molar-refractivity contribution in [2.45, 2.75) is 12.8 Å². The Balaban J connectivity index is 2.46. The molecule has 0 atom stereocenters. The molecular weight excluding hydrogens is 200 g/mol. The van der Waals surface area contributed by atoms with Gasteiger partial charge in [0.15, 0.2) is 0 Å². The Morgan fingerprint density at radius 2 is 2.36 bits per heavy atom. The molecule has 0 aromatic heterocycles. The van der Waals surface area contributed by atoms with Crippen LogP contribution in [-0.4, -0.2) is 5.91 Å². The summed E-state index contributed by atoms with van der Waals surface area (Å²) in [5.74, 6) is -0.0454. The second kappa shape index (κ2) is 3.32. The topological polar surface area (TPSA) is 52.9 Å². The first-order chi connectivity index (χ1) is 6.70. The first kappa shape index (κ1) is 9.04. The molecule has 0 radical (unpaired) electrons. The summed E-state index contributed by atoms with van der Waals surface area (Å²) >= 11 is 5.95. The van der Waals surface area contributed by atoms with Crippen molar-refractivity contribution in [1.82, 2.24) is 0 Å². The third-order valence-electron chi connectivity index (χ3n) is 2.13. The fourth-order valence-electron chi connectivity index (χ4n) is 1.56. The van der Waals surface area contributed by atoms with Gasteiger partial charge in [-0.3, -0.25) is 4.79 Å². The number of carbonyl (C=O) groups excluding carboxylic acids is 1. The van der Waals surface area contributed by atoms with Gasteiger partial charge in [-0.2, -0.15) is 5.26 Å². The highest BCUT2D eigenvalue weighted by atomic mass is 35.5. The van der Waals surface area contributed by atoms with Crippen LogP contribution in [0.3, 0.4) is 0 Å². The molecule has 1 aliphatic heterocycles. The van der Waals surface area contributed by atoms with Crippen molar-refractivity contribution in [3.63, 3.8) is 0 Å². The van der Waals surface area contributed by atoms with Crippen molar-refractivity contribution in [2.24, 2.45) is 0 Å². The van der Waals surface area contributed by atoms with E-state index < -0.39 is 0 Å². The molecule has 0 aliphatic carbocycles. The fourth-order valence-corrected chi connectivity index (χ4v) is 1.86. The largest absolute Gasteiger partial charge is 0.324 e. The highest BCUT2D eigenvalue weighted by Gasteiger charge is 2.20. The van der Waals surface area contributed by atoms with Gasteiger partial charge < -0.3 is 5.32 Å². The number of amides is 1. The second-order valence-electron chi connectivity index (χ2n) is 3.17. The minimum atomic E-state index is -0.0454. The molecule has 0 saturated heterocycles. The Labute approximate surface area is 86.3 Å². The quantitative estimate of drug-likeness (QED) is 0.763. The van der Waals surface area contributed by atoms with E-state index in [0.717, 1.165) is 11.1 Å². The number of halogens is 1. The van der Waals surface area contributed by atoms with E-state index in [1.165, 1.54) is 0 Å². The number of nitriles is 1. The van der Waals surface area contributed by atoms with E-state index in [9.17, 15) is 4.79 Å². The van der Waals surface area contributed by atoms with Crippen molar-refractivity contribution in [2.75, 3.05) is 5.32 Å². The lowest BCUT2D eigenvalue weighted by Gasteiger charge is -2.03. The van der Waals surface area contributed by atoms with Crippen molar-refractivity contribution >= 4 is 23.2 Å². The number of nitrogens with one attached hydrogen (secondary N) is 1. The zero-order valence-corrected chi connectivity index (χ0v) is 8.06. The number of carbonyl (C=O) groups is 1. The van der Waals surface area contributed by atoms with Crippen molar-refractivity contribution in [1.29, 1.82) is 5.26 Å². The van der Waals surface area contributed by atoms with Gasteiger partial charge in [0.1, 0.15) is 0 Å². The summed E-state index contributed by atoms with van der Waals surface area (Å²) in [5, 5.41) is 11.7. The maximum absolute atomic E-state index is 11.1. The predicted octanol–water partition coefficient (Wildman–Crippen LogP) is 1.90. The summed E-state index contributed by atoms with van der Waals surface area (Å²) in [4.78, 5) is 11.1. The standard InChI is InChI=1S/C10H7ClN2O/c11-8-4-6(1-2-12)3-7-5-9(14)13-10(7)8/h3-4H,1,5H2,(H,13,14). The van der Waals surface area contributed by atoms with E-state index in [2.05, 4.69) is 5.32 Å². The van der Waals surface area contributed by atoms with Crippen LogP contribution in [0.5, 0.6) is 0 Å². The Kier molecular flexibility index (Phi) is 2.14. The zero-order valence-electron chi connectivity index (χ0n) is 7.30. The lowest BCUT2D eigenvalue weighted by molar-refractivity contribution is -0.115. The molecule has 1 aliphatic rings. The van der Waals surface area contributed by atoms with Gasteiger partial charge in [0.05, 0.1) is 29.6 Å². The van der Waals surface area contributed by atoms with Crippen molar-refractivity contribution in [3.8, 4) is 6.07 Å². The summed E-state index contributed by atoms with van der Waals surface area (Å²) in [7, 11) is 0. The van der Waals surface area contributed by atoms with Gasteiger partial charge in [-0.05, 0) is 17.2 Å². The van der Waals surface area contributed by atoms with Crippen LogP contribution >= 0.6 is 11.6 Å². The molecule has 2 rings (SSSR count). The minimum Gasteiger partial charge on any atom is -0.324 e. The zero-order chi connectivity index (χ0) is 10.1. The molecule has 1 aromatic carbocycles. The summed E-state index contributed by atoms with van der Waals surface area (Å²) in [6.07, 6.45) is 0.676. The summed E-state index contributed by atoms with van der Waals surface area (Å²) in [6, 6.07) is 5.62. The number of anilines is 1. The normalized spacial score (nSPS) is 13.3. The highest BCUT2D eigenvalue weighted by molar-refractivity contribution is 6.34. The second-order valence-corrected chi connectivity index (χ2v) is 3.58. The smallest absolute Gasteiger partial charge is 0.228 e.